The Balaban J connectivity index is 2.66. The van der Waals surface area contributed by atoms with Crippen molar-refractivity contribution in [3.05, 3.63) is 0 Å². The van der Waals surface area contributed by atoms with E-state index >= 15 is 0 Å². The van der Waals surface area contributed by atoms with Crippen molar-refractivity contribution in [1.82, 2.24) is 5.32 Å². The van der Waals surface area contributed by atoms with E-state index in [-0.39, 0.29) is 18.4 Å². The summed E-state index contributed by atoms with van der Waals surface area (Å²) in [5, 5.41) is 12.3. The van der Waals surface area contributed by atoms with Gasteiger partial charge >= 0.3 is 5.97 Å². The Bertz CT molecular complexity index is 346. The van der Waals surface area contributed by atoms with Crippen LogP contribution in [-0.4, -0.2) is 43.5 Å². The third-order valence-electron chi connectivity index (χ3n) is 4.27. The number of carboxylic acids is 1. The minimum Gasteiger partial charge on any atom is -0.481 e. The summed E-state index contributed by atoms with van der Waals surface area (Å²) in [4.78, 5) is 23.9. The molecule has 1 unspecified atom stereocenters. The summed E-state index contributed by atoms with van der Waals surface area (Å²) < 4.78 is 10.2. The maximum absolute atomic E-state index is 12.2. The fourth-order valence-corrected chi connectivity index (χ4v) is 3.06. The number of nitrogens with one attached hydrogen (secondary N) is 1. The van der Waals surface area contributed by atoms with Crippen LogP contribution in [0, 0.1) is 5.41 Å². The largest absolute Gasteiger partial charge is 0.481 e. The zero-order valence-electron chi connectivity index (χ0n) is 13.2. The molecule has 0 heterocycles. The van der Waals surface area contributed by atoms with Gasteiger partial charge in [-0.15, -0.1) is 0 Å². The number of hydrogen-bond acceptors (Lipinski definition) is 4. The quantitative estimate of drug-likeness (QED) is 0.554. The van der Waals surface area contributed by atoms with Crippen LogP contribution in [0.5, 0.6) is 0 Å². The van der Waals surface area contributed by atoms with Crippen LogP contribution in [0.3, 0.4) is 0 Å². The molecule has 1 aliphatic carbocycles. The number of methoxy groups -OCH3 is 2. The number of amides is 1. The molecular formula is C15H27NO5. The lowest BCUT2D eigenvalue weighted by molar-refractivity contribution is -0.154. The van der Waals surface area contributed by atoms with E-state index in [1.807, 2.05) is 0 Å². The lowest BCUT2D eigenvalue weighted by Crippen LogP contribution is -2.45. The highest BCUT2D eigenvalue weighted by molar-refractivity contribution is 5.85. The Morgan fingerprint density at radius 2 is 1.67 bits per heavy atom. The Labute approximate surface area is 126 Å². The van der Waals surface area contributed by atoms with E-state index in [2.05, 4.69) is 5.32 Å². The Morgan fingerprint density at radius 1 is 1.14 bits per heavy atom. The van der Waals surface area contributed by atoms with Crippen LogP contribution in [0.15, 0.2) is 0 Å². The maximum atomic E-state index is 12.2. The van der Waals surface area contributed by atoms with Crippen LogP contribution in [-0.2, 0) is 19.1 Å². The zero-order valence-corrected chi connectivity index (χ0v) is 13.2. The molecule has 1 rings (SSSR count). The Kier molecular flexibility index (Phi) is 7.11. The van der Waals surface area contributed by atoms with Gasteiger partial charge in [0.1, 0.15) is 0 Å². The van der Waals surface area contributed by atoms with E-state index in [1.165, 1.54) is 14.2 Å². The third-order valence-corrected chi connectivity index (χ3v) is 4.27. The predicted octanol–water partition coefficient (Wildman–Crippen LogP) is 1.93. The lowest BCUT2D eigenvalue weighted by Gasteiger charge is -2.29. The van der Waals surface area contributed by atoms with Gasteiger partial charge in [-0.3, -0.25) is 9.59 Å². The molecule has 2 N–H and O–H groups in total. The van der Waals surface area contributed by atoms with Gasteiger partial charge in [-0.1, -0.05) is 25.7 Å². The number of aliphatic carboxylic acids is 1. The molecule has 1 saturated carbocycles. The molecule has 122 valence electrons. The maximum Gasteiger partial charge on any atom is 0.310 e. The van der Waals surface area contributed by atoms with E-state index in [1.54, 1.807) is 6.92 Å². The van der Waals surface area contributed by atoms with Crippen molar-refractivity contribution in [3.63, 3.8) is 0 Å². The highest BCUT2D eigenvalue weighted by atomic mass is 16.7. The molecule has 0 saturated heterocycles. The molecule has 21 heavy (non-hydrogen) atoms. The smallest absolute Gasteiger partial charge is 0.310 e. The lowest BCUT2D eigenvalue weighted by atomic mass is 9.77. The monoisotopic (exact) mass is 301 g/mol. The Hall–Kier alpha value is -1.14. The van der Waals surface area contributed by atoms with E-state index < -0.39 is 17.7 Å². The first-order chi connectivity index (χ1) is 9.95. The van der Waals surface area contributed by atoms with Gasteiger partial charge in [0.15, 0.2) is 6.29 Å². The van der Waals surface area contributed by atoms with Crippen molar-refractivity contribution in [2.45, 2.75) is 64.2 Å². The molecule has 0 spiro atoms. The van der Waals surface area contributed by atoms with Crippen LogP contribution in [0.4, 0.5) is 0 Å². The molecule has 0 aromatic rings. The molecule has 0 radical (unpaired) electrons. The van der Waals surface area contributed by atoms with Crippen LogP contribution in [0.2, 0.25) is 0 Å². The fourth-order valence-electron chi connectivity index (χ4n) is 3.06. The second-order valence-corrected chi connectivity index (χ2v) is 5.87. The van der Waals surface area contributed by atoms with Gasteiger partial charge in [0.05, 0.1) is 11.5 Å². The number of carboxylic acid groups (broad SMARTS) is 1. The average Bonchev–Trinajstić information content (AvgIpc) is 2.66. The predicted molar refractivity (Wildman–Crippen MR) is 77.8 cm³/mol. The van der Waals surface area contributed by atoms with Gasteiger partial charge in [0.2, 0.25) is 5.91 Å². The van der Waals surface area contributed by atoms with Gasteiger partial charge in [0, 0.05) is 20.6 Å². The first-order valence-corrected chi connectivity index (χ1v) is 7.53. The van der Waals surface area contributed by atoms with Crippen LogP contribution < -0.4 is 5.32 Å². The van der Waals surface area contributed by atoms with Gasteiger partial charge < -0.3 is 19.9 Å². The SMILES string of the molecule is COC(OC)C(C)NC(=O)CC1(C(=O)O)CCCCCC1. The summed E-state index contributed by atoms with van der Waals surface area (Å²) in [5.74, 6) is -1.12. The van der Waals surface area contributed by atoms with Crippen molar-refractivity contribution in [2.24, 2.45) is 5.41 Å². The van der Waals surface area contributed by atoms with Crippen molar-refractivity contribution < 1.29 is 24.2 Å². The molecule has 1 fully saturated rings. The summed E-state index contributed by atoms with van der Waals surface area (Å²) in [6, 6.07) is -0.330. The normalized spacial score (nSPS) is 19.8. The highest BCUT2D eigenvalue weighted by Crippen LogP contribution is 2.38. The van der Waals surface area contributed by atoms with Crippen molar-refractivity contribution in [2.75, 3.05) is 14.2 Å². The van der Waals surface area contributed by atoms with Crippen molar-refractivity contribution >= 4 is 11.9 Å². The van der Waals surface area contributed by atoms with Gasteiger partial charge in [-0.25, -0.2) is 0 Å². The summed E-state index contributed by atoms with van der Waals surface area (Å²) >= 11 is 0. The molecule has 6 nitrogen and oxygen atoms in total. The average molecular weight is 301 g/mol. The number of carbonyl (C=O) groups excluding carboxylic acids is 1. The molecule has 6 heteroatoms. The van der Waals surface area contributed by atoms with E-state index in [0.717, 1.165) is 25.7 Å². The molecular weight excluding hydrogens is 274 g/mol. The number of ether oxygens (including phenoxy) is 2. The second-order valence-electron chi connectivity index (χ2n) is 5.87. The fraction of sp³-hybridized carbons (Fsp3) is 0.867. The van der Waals surface area contributed by atoms with Crippen LogP contribution in [0.25, 0.3) is 0 Å². The first-order valence-electron chi connectivity index (χ1n) is 7.53. The number of hydrogen-bond donors (Lipinski definition) is 2. The van der Waals surface area contributed by atoms with E-state index in [9.17, 15) is 14.7 Å². The van der Waals surface area contributed by atoms with Crippen LogP contribution in [0.1, 0.15) is 51.9 Å². The van der Waals surface area contributed by atoms with Gasteiger partial charge in [-0.05, 0) is 19.8 Å². The number of rotatable bonds is 7. The van der Waals surface area contributed by atoms with E-state index in [0.29, 0.717) is 12.8 Å². The molecule has 0 aromatic carbocycles. The zero-order chi connectivity index (χ0) is 15.9. The molecule has 0 aliphatic heterocycles. The van der Waals surface area contributed by atoms with Crippen molar-refractivity contribution in [3.8, 4) is 0 Å². The third kappa shape index (κ3) is 4.97. The van der Waals surface area contributed by atoms with Crippen LogP contribution >= 0.6 is 0 Å². The Morgan fingerprint density at radius 3 is 2.10 bits per heavy atom. The minimum atomic E-state index is -0.921. The van der Waals surface area contributed by atoms with Crippen molar-refractivity contribution in [1.29, 1.82) is 0 Å². The van der Waals surface area contributed by atoms with E-state index in [4.69, 9.17) is 9.47 Å². The summed E-state index contributed by atoms with van der Waals surface area (Å²) in [6.07, 6.45) is 4.45. The molecule has 1 atom stereocenters. The molecule has 0 aromatic heterocycles. The first kappa shape index (κ1) is 17.9. The van der Waals surface area contributed by atoms with Gasteiger partial charge in [0.25, 0.3) is 0 Å². The summed E-state index contributed by atoms with van der Waals surface area (Å²) in [5.41, 5.74) is -0.921. The molecule has 0 bridgehead atoms. The summed E-state index contributed by atoms with van der Waals surface area (Å²) in [7, 11) is 3.00. The second kappa shape index (κ2) is 8.34. The topological polar surface area (TPSA) is 84.9 Å². The number of carbonyl (C=O) groups is 2. The molecule has 1 amide bonds. The highest BCUT2D eigenvalue weighted by Gasteiger charge is 2.40. The standard InChI is InChI=1S/C15H27NO5/c1-11(13(20-2)21-3)16-12(17)10-15(14(18)19)8-6-4-5-7-9-15/h11,13H,4-10H2,1-3H3,(H,16,17)(H,18,19). The van der Waals surface area contributed by atoms with Gasteiger partial charge in [-0.2, -0.15) is 0 Å². The molecule has 1 aliphatic rings. The minimum absolute atomic E-state index is 0.0207. The summed E-state index contributed by atoms with van der Waals surface area (Å²) in [6.45, 7) is 1.77.